The van der Waals surface area contributed by atoms with E-state index in [1.807, 2.05) is 4.98 Å². The lowest BCUT2D eigenvalue weighted by atomic mass is 9.87. The minimum Gasteiger partial charge on any atom is -0.386 e. The number of nitrogens with one attached hydrogen (secondary N) is 1. The van der Waals surface area contributed by atoms with Gasteiger partial charge in [-0.2, -0.15) is 8.62 Å². The number of aliphatic hydroxyl groups excluding tert-OH is 1. The second-order valence-corrected chi connectivity index (χ2v) is 11.0. The van der Waals surface area contributed by atoms with Crippen LogP contribution in [0.1, 0.15) is 6.23 Å². The van der Waals surface area contributed by atoms with Gasteiger partial charge in [0.05, 0.1) is 6.61 Å². The summed E-state index contributed by atoms with van der Waals surface area (Å²) in [6, 6.07) is 0.822. The highest BCUT2D eigenvalue weighted by molar-refractivity contribution is 7.66. The van der Waals surface area contributed by atoms with Crippen molar-refractivity contribution < 1.29 is 65.8 Å². The summed E-state index contributed by atoms with van der Waals surface area (Å²) in [5.74, 6) is 0. The van der Waals surface area contributed by atoms with Crippen molar-refractivity contribution in [2.45, 2.75) is 23.5 Å². The Labute approximate surface area is 182 Å². The van der Waals surface area contributed by atoms with Crippen molar-refractivity contribution in [2.24, 2.45) is 0 Å². The summed E-state index contributed by atoms with van der Waals surface area (Å²) in [4.78, 5) is 60.8. The smallest absolute Gasteiger partial charge is 0.386 e. The van der Waals surface area contributed by atoms with Gasteiger partial charge in [0.15, 0.2) is 17.4 Å². The van der Waals surface area contributed by atoms with Crippen LogP contribution in [0.25, 0.3) is 0 Å². The number of H-pyrrole nitrogens is 1. The topological polar surface area (TPSA) is 264 Å². The third kappa shape index (κ3) is 6.21. The van der Waals surface area contributed by atoms with Gasteiger partial charge in [-0.05, 0) is 0 Å². The van der Waals surface area contributed by atoms with E-state index in [-0.39, 0.29) is 0 Å². The van der Waals surface area contributed by atoms with Crippen LogP contribution in [-0.4, -0.2) is 69.9 Å². The van der Waals surface area contributed by atoms with E-state index >= 15 is 0 Å². The fraction of sp³-hybridized carbons (Fsp3) is 0.500. The van der Waals surface area contributed by atoms with Crippen LogP contribution >= 0.6 is 23.5 Å². The average Bonchev–Trinajstić information content (AvgIpc) is 2.86. The van der Waals surface area contributed by atoms with Gasteiger partial charge in [-0.15, -0.1) is 0 Å². The van der Waals surface area contributed by atoms with E-state index in [0.717, 1.165) is 12.3 Å². The van der Waals surface area contributed by atoms with E-state index in [0.29, 0.717) is 10.6 Å². The molecule has 3 unspecified atom stereocenters. The number of hydrogen-bond donors (Lipinski definition) is 7. The molecule has 33 heavy (non-hydrogen) atoms. The number of hydrogen-bond acceptors (Lipinski definition) is 11. The van der Waals surface area contributed by atoms with Crippen molar-refractivity contribution >= 4 is 23.5 Å². The molecule has 1 aliphatic rings. The largest absolute Gasteiger partial charge is 0.490 e. The van der Waals surface area contributed by atoms with Gasteiger partial charge >= 0.3 is 29.2 Å². The Hall–Kier alpha value is -1.36. The molecular formula is C12H18FN2O15P3. The predicted octanol–water partition coefficient (Wildman–Crippen LogP) is -1.61. The van der Waals surface area contributed by atoms with Gasteiger partial charge < -0.3 is 34.5 Å². The number of halogens is 1. The summed E-state index contributed by atoms with van der Waals surface area (Å²) >= 11 is 0. The summed E-state index contributed by atoms with van der Waals surface area (Å²) in [6.45, 7) is 0.00707. The molecule has 17 nitrogen and oxygen atoms in total. The van der Waals surface area contributed by atoms with Crippen molar-refractivity contribution in [1.82, 2.24) is 9.55 Å². The highest BCUT2D eigenvalue weighted by Crippen LogP contribution is 2.66. The van der Waals surface area contributed by atoms with E-state index in [2.05, 4.69) is 19.7 Å². The molecule has 0 aromatic carbocycles. The SMILES string of the molecule is C=C[C@]1(O)C(n2ccc(=O)[nH]c2=O)O[C@](CF)(COP(=O)(O)OP(=O)(O)OP(=O)(O)O)[C@H]1O. The number of ether oxygens (including phenoxy) is 1. The van der Waals surface area contributed by atoms with Gasteiger partial charge in [0.25, 0.3) is 5.56 Å². The molecule has 0 aliphatic carbocycles. The molecule has 0 bridgehead atoms. The zero-order valence-electron chi connectivity index (χ0n) is 16.0. The normalized spacial score (nSPS) is 31.6. The highest BCUT2D eigenvalue weighted by Gasteiger charge is 2.64. The number of aromatic amines is 1. The first kappa shape index (κ1) is 27.9. The summed E-state index contributed by atoms with van der Waals surface area (Å²) < 4.78 is 65.0. The molecule has 6 atom stereocenters. The first-order valence-corrected chi connectivity index (χ1v) is 12.8. The van der Waals surface area contributed by atoms with Crippen LogP contribution < -0.4 is 11.2 Å². The monoisotopic (exact) mass is 542 g/mol. The standard InChI is InChI=1S/C12H18FN2O15P3/c1-2-12(19)8(17)11(5-13,28-9(12)15-4-3-7(16)14-10(15)18)6-27-32(23,24)30-33(25,26)29-31(20,21)22/h2-4,8-9,17,19H,1,5-6H2,(H,23,24)(H,25,26)(H,14,16,18)(H2,20,21,22)/t8-,9?,11-,12-/m1/s1. The molecule has 1 aromatic rings. The van der Waals surface area contributed by atoms with E-state index in [4.69, 9.17) is 19.4 Å². The Morgan fingerprint density at radius 2 is 1.82 bits per heavy atom. The van der Waals surface area contributed by atoms with Gasteiger partial charge in [0, 0.05) is 12.3 Å². The second kappa shape index (κ2) is 9.36. The lowest BCUT2D eigenvalue weighted by molar-refractivity contribution is -0.137. The predicted molar refractivity (Wildman–Crippen MR) is 101 cm³/mol. The van der Waals surface area contributed by atoms with Gasteiger partial charge in [0.1, 0.15) is 12.8 Å². The molecule has 0 radical (unpaired) electrons. The summed E-state index contributed by atoms with van der Waals surface area (Å²) in [5, 5.41) is 21.3. The number of rotatable bonds is 10. The molecular weight excluding hydrogens is 524 g/mol. The zero-order valence-corrected chi connectivity index (χ0v) is 18.7. The van der Waals surface area contributed by atoms with E-state index < -0.39 is 71.5 Å². The summed E-state index contributed by atoms with van der Waals surface area (Å²) in [6.07, 6.45) is -2.84. The molecule has 7 N–H and O–H groups in total. The molecule has 1 aromatic heterocycles. The highest BCUT2D eigenvalue weighted by atomic mass is 31.3. The third-order valence-corrected chi connectivity index (χ3v) is 8.01. The van der Waals surface area contributed by atoms with Gasteiger partial charge in [-0.1, -0.05) is 12.7 Å². The summed E-state index contributed by atoms with van der Waals surface area (Å²) in [7, 11) is -17.3. The van der Waals surface area contributed by atoms with Crippen molar-refractivity contribution in [1.29, 1.82) is 0 Å². The van der Waals surface area contributed by atoms with E-state index in [1.165, 1.54) is 0 Å². The zero-order chi connectivity index (χ0) is 25.5. The second-order valence-electron chi connectivity index (χ2n) is 6.54. The molecule has 0 amide bonds. The van der Waals surface area contributed by atoms with Crippen LogP contribution in [0.5, 0.6) is 0 Å². The molecule has 0 spiro atoms. The number of aliphatic hydroxyl groups is 2. The Morgan fingerprint density at radius 3 is 2.30 bits per heavy atom. The molecule has 1 saturated heterocycles. The van der Waals surface area contributed by atoms with Gasteiger partial charge in [0.2, 0.25) is 0 Å². The molecule has 0 saturated carbocycles. The fourth-order valence-electron chi connectivity index (χ4n) is 2.79. The lowest BCUT2D eigenvalue weighted by Crippen LogP contribution is -2.53. The number of phosphoric ester groups is 1. The Balaban J connectivity index is 2.34. The van der Waals surface area contributed by atoms with Crippen molar-refractivity contribution in [3.8, 4) is 0 Å². The quantitative estimate of drug-likeness (QED) is 0.130. The van der Waals surface area contributed by atoms with Crippen molar-refractivity contribution in [3.05, 3.63) is 45.8 Å². The first-order chi connectivity index (χ1) is 14.9. The van der Waals surface area contributed by atoms with Gasteiger partial charge in [-0.3, -0.25) is 18.9 Å². The Morgan fingerprint density at radius 1 is 1.21 bits per heavy atom. The molecule has 188 valence electrons. The van der Waals surface area contributed by atoms with Crippen LogP contribution in [0.2, 0.25) is 0 Å². The number of aromatic nitrogens is 2. The molecule has 2 rings (SSSR count). The van der Waals surface area contributed by atoms with Crippen LogP contribution in [0.15, 0.2) is 34.5 Å². The maximum atomic E-state index is 14.0. The average molecular weight is 542 g/mol. The fourth-order valence-corrected chi connectivity index (χ4v) is 5.87. The maximum absolute atomic E-state index is 14.0. The molecule has 1 fully saturated rings. The third-order valence-electron chi connectivity index (χ3n) is 4.22. The van der Waals surface area contributed by atoms with Crippen molar-refractivity contribution in [3.63, 3.8) is 0 Å². The Bertz CT molecular complexity index is 1160. The van der Waals surface area contributed by atoms with Gasteiger partial charge in [-0.25, -0.2) is 22.9 Å². The number of nitrogens with zero attached hydrogens (tertiary/aromatic N) is 1. The van der Waals surface area contributed by atoms with Crippen LogP contribution in [0, 0.1) is 0 Å². The molecule has 1 aliphatic heterocycles. The number of alkyl halides is 1. The Kier molecular flexibility index (Phi) is 7.90. The molecule has 2 heterocycles. The summed E-state index contributed by atoms with van der Waals surface area (Å²) in [5.41, 5.74) is -7.38. The van der Waals surface area contributed by atoms with Crippen LogP contribution in [0.3, 0.4) is 0 Å². The lowest BCUT2D eigenvalue weighted by Gasteiger charge is -2.31. The van der Waals surface area contributed by atoms with Crippen LogP contribution in [-0.2, 0) is 31.6 Å². The minimum absolute atomic E-state index is 0.536. The molecule has 21 heteroatoms. The first-order valence-electron chi connectivity index (χ1n) is 8.28. The van der Waals surface area contributed by atoms with Crippen molar-refractivity contribution in [2.75, 3.05) is 13.3 Å². The minimum atomic E-state index is -5.89. The van der Waals surface area contributed by atoms with E-state index in [1.54, 1.807) is 0 Å². The van der Waals surface area contributed by atoms with Crippen LogP contribution in [0.4, 0.5) is 4.39 Å². The maximum Gasteiger partial charge on any atom is 0.490 e. The number of phosphoric acid groups is 3. The van der Waals surface area contributed by atoms with E-state index in [9.17, 15) is 42.8 Å².